The zero-order valence-corrected chi connectivity index (χ0v) is 26.9. The highest BCUT2D eigenvalue weighted by Crippen LogP contribution is 2.69. The first-order chi connectivity index (χ1) is 11.0. The van der Waals surface area contributed by atoms with E-state index in [0.29, 0.717) is 8.57 Å². The van der Waals surface area contributed by atoms with Crippen LogP contribution in [0.2, 0.25) is 107 Å². The van der Waals surface area contributed by atoms with Crippen LogP contribution in [-0.4, -0.2) is 49.1 Å². The van der Waals surface area contributed by atoms with E-state index < -0.39 is 49.1 Å². The Kier molecular flexibility index (Phi) is 6.60. The Bertz CT molecular complexity index is 491. The maximum atomic E-state index is 6.06. The highest BCUT2D eigenvalue weighted by molar-refractivity contribution is 7.19. The molecule has 0 unspecified atom stereocenters. The van der Waals surface area contributed by atoms with Crippen molar-refractivity contribution in [2.75, 3.05) is 0 Å². The van der Waals surface area contributed by atoms with Gasteiger partial charge >= 0.3 is 0 Å². The molecule has 0 bridgehead atoms. The molecule has 1 fully saturated rings. The Labute approximate surface area is 172 Å². The Morgan fingerprint density at radius 1 is 0.500 bits per heavy atom. The minimum absolute atomic E-state index is 0.658. The molecule has 0 spiro atoms. The molecule has 0 aliphatic carbocycles. The highest BCUT2D eigenvalue weighted by atomic mass is 28.5. The number of hydrogen-bond donors (Lipinski definition) is 0. The molecule has 0 aromatic carbocycles. The average molecular weight is 460 g/mol. The van der Waals surface area contributed by atoms with Gasteiger partial charge in [-0.05, 0) is 8.57 Å². The van der Waals surface area contributed by atoms with Gasteiger partial charge in [0.25, 0.3) is 0 Å². The largest absolute Gasteiger partial charge is 0.367 e. The van der Waals surface area contributed by atoms with Crippen molar-refractivity contribution in [1.82, 2.24) is 0 Å². The summed E-state index contributed by atoms with van der Waals surface area (Å²) in [6.07, 6.45) is 3.05. The van der Waals surface area contributed by atoms with Crippen molar-refractivity contribution >= 4 is 49.1 Å². The summed E-state index contributed by atoms with van der Waals surface area (Å²) in [5, 5.41) is 0. The minimum Gasteiger partial charge on any atom is -0.367 e. The maximum Gasteiger partial charge on any atom is 0.158 e. The molecule has 0 aromatic rings. The van der Waals surface area contributed by atoms with E-state index in [-0.39, 0.29) is 0 Å². The molecule has 154 valence electrons. The summed E-state index contributed by atoms with van der Waals surface area (Å²) < 4.78 is 7.38. The molecule has 1 rings (SSSR count). The van der Waals surface area contributed by atoms with Crippen LogP contribution in [0.3, 0.4) is 0 Å². The van der Waals surface area contributed by atoms with Crippen molar-refractivity contribution in [3.8, 4) is 0 Å². The second kappa shape index (κ2) is 6.82. The van der Waals surface area contributed by atoms with E-state index >= 15 is 0 Å². The summed E-state index contributed by atoms with van der Waals surface area (Å²) in [7, 11) is -7.57. The normalized spacial score (nSPS) is 21.9. The van der Waals surface area contributed by atoms with E-state index in [1.165, 1.54) is 12.8 Å². The molecule has 26 heavy (non-hydrogen) atoms. The lowest BCUT2D eigenvalue weighted by Crippen LogP contribution is -2.66. The monoisotopic (exact) mass is 459 g/mol. The summed E-state index contributed by atoms with van der Waals surface area (Å²) in [6, 6.07) is 0. The molecule has 0 radical (unpaired) electrons. The maximum absolute atomic E-state index is 6.06. The third-order valence-corrected chi connectivity index (χ3v) is 45.0. The molecule has 0 saturated carbocycles. The molecule has 1 heterocycles. The predicted octanol–water partition coefficient (Wildman–Crippen LogP) is 7.87. The van der Waals surface area contributed by atoms with Gasteiger partial charge in [0, 0.05) is 0 Å². The minimum atomic E-state index is -1.46. The Morgan fingerprint density at radius 2 is 0.731 bits per heavy atom. The van der Waals surface area contributed by atoms with Crippen molar-refractivity contribution in [2.45, 2.75) is 120 Å². The SMILES string of the molecule is C[Si](C)(C)N=[Si]1C([Si](C)(C)C)([Si](C)(C)C)CCC1([Si](C)(C)C)[Si](C)(C)C. The lowest BCUT2D eigenvalue weighted by atomic mass is 10.4. The van der Waals surface area contributed by atoms with E-state index in [1.807, 2.05) is 0 Å². The molecule has 1 nitrogen and oxygen atoms in total. The number of hydrogen-bond acceptors (Lipinski definition) is 1. The van der Waals surface area contributed by atoms with Crippen molar-refractivity contribution < 1.29 is 0 Å². The quantitative estimate of drug-likeness (QED) is 0.371. The van der Waals surface area contributed by atoms with E-state index in [9.17, 15) is 0 Å². The summed E-state index contributed by atoms with van der Waals surface area (Å²) in [5.41, 5.74) is 0. The van der Waals surface area contributed by atoms with Gasteiger partial charge in [-0.1, -0.05) is 111 Å². The standard InChI is InChI=1S/C19H49NSi6/c1-22(2,3)18(23(4,5)6)16-17-19(24(7,8)9,25(10,11)12)21(18)20-26(13,14)15/h16-17H2,1-15H3. The van der Waals surface area contributed by atoms with Crippen LogP contribution >= 0.6 is 0 Å². The fraction of sp³-hybridized carbons (Fsp3) is 1.00. The zero-order chi connectivity index (χ0) is 21.2. The van der Waals surface area contributed by atoms with E-state index in [4.69, 9.17) is 4.30 Å². The fourth-order valence-electron chi connectivity index (χ4n) is 6.67. The van der Waals surface area contributed by atoms with Crippen molar-refractivity contribution in [2.24, 2.45) is 4.30 Å². The van der Waals surface area contributed by atoms with Gasteiger partial charge in [0.15, 0.2) is 8.24 Å². The molecule has 1 aliphatic heterocycles. The van der Waals surface area contributed by atoms with E-state index in [0.717, 1.165) is 0 Å². The molecule has 1 saturated heterocycles. The van der Waals surface area contributed by atoms with Crippen LogP contribution in [0.1, 0.15) is 12.8 Å². The number of rotatable bonds is 5. The molecule has 0 amide bonds. The lowest BCUT2D eigenvalue weighted by Gasteiger charge is -2.56. The molecular weight excluding hydrogens is 411 g/mol. The summed E-state index contributed by atoms with van der Waals surface area (Å²) in [6.45, 7) is 40.0. The van der Waals surface area contributed by atoms with Gasteiger partial charge in [0.05, 0.1) is 32.3 Å². The van der Waals surface area contributed by atoms with Gasteiger partial charge in [0.1, 0.15) is 8.59 Å². The van der Waals surface area contributed by atoms with Crippen molar-refractivity contribution in [3.05, 3.63) is 0 Å². The van der Waals surface area contributed by atoms with Crippen LogP contribution in [-0.2, 0) is 0 Å². The summed E-state index contributed by atoms with van der Waals surface area (Å²) in [5.74, 6) is 0. The van der Waals surface area contributed by atoms with Gasteiger partial charge in [-0.25, -0.2) is 0 Å². The summed E-state index contributed by atoms with van der Waals surface area (Å²) >= 11 is 0. The Balaban J connectivity index is 4.11. The Morgan fingerprint density at radius 3 is 0.885 bits per heavy atom. The van der Waals surface area contributed by atoms with Crippen LogP contribution in [0.5, 0.6) is 0 Å². The first-order valence-electron chi connectivity index (χ1n) is 10.7. The first-order valence-corrected chi connectivity index (χ1v) is 29.5. The van der Waals surface area contributed by atoms with Crippen LogP contribution in [0, 0.1) is 0 Å². The van der Waals surface area contributed by atoms with Gasteiger partial charge in [-0.3, -0.25) is 0 Å². The molecule has 7 heteroatoms. The van der Waals surface area contributed by atoms with E-state index in [2.05, 4.69) is 98.2 Å². The van der Waals surface area contributed by atoms with Crippen LogP contribution in [0.4, 0.5) is 0 Å². The third kappa shape index (κ3) is 3.91. The Hall–Kier alpha value is 1.10. The van der Waals surface area contributed by atoms with Crippen molar-refractivity contribution in [3.63, 3.8) is 0 Å². The first kappa shape index (κ1) is 25.1. The summed E-state index contributed by atoms with van der Waals surface area (Å²) in [4.78, 5) is 0. The number of nitrogens with zero attached hydrogens (tertiary/aromatic N) is 1. The van der Waals surface area contributed by atoms with Crippen molar-refractivity contribution in [1.29, 1.82) is 0 Å². The van der Waals surface area contributed by atoms with Gasteiger partial charge in [-0.2, -0.15) is 0 Å². The second-order valence-corrected chi connectivity index (χ2v) is 46.0. The topological polar surface area (TPSA) is 12.4 Å². The smallest absolute Gasteiger partial charge is 0.158 e. The fourth-order valence-corrected chi connectivity index (χ4v) is 51.3. The molecule has 1 aliphatic rings. The van der Waals surface area contributed by atoms with Gasteiger partial charge in [0.2, 0.25) is 0 Å². The lowest BCUT2D eigenvalue weighted by molar-refractivity contribution is 0.763. The van der Waals surface area contributed by atoms with Gasteiger partial charge < -0.3 is 4.30 Å². The highest BCUT2D eigenvalue weighted by Gasteiger charge is 2.70. The van der Waals surface area contributed by atoms with Crippen LogP contribution < -0.4 is 0 Å². The predicted molar refractivity (Wildman–Crippen MR) is 140 cm³/mol. The van der Waals surface area contributed by atoms with Crippen LogP contribution in [0.15, 0.2) is 4.30 Å². The second-order valence-electron chi connectivity index (χ2n) is 13.9. The molecule has 0 atom stereocenters. The molecule has 0 aromatic heterocycles. The average Bonchev–Trinajstić information content (AvgIpc) is 2.60. The molecular formula is C19H49NSi6. The van der Waals surface area contributed by atoms with Gasteiger partial charge in [-0.15, -0.1) is 0 Å². The third-order valence-electron chi connectivity index (χ3n) is 7.25. The van der Waals surface area contributed by atoms with E-state index in [1.54, 1.807) is 0 Å². The van der Waals surface area contributed by atoms with Crippen LogP contribution in [0.25, 0.3) is 0 Å². The molecule has 0 N–H and O–H groups in total. The zero-order valence-electron chi connectivity index (χ0n) is 20.9.